The molecule has 1 amide bonds. The number of carbonyl (C=O) groups is 1. The lowest BCUT2D eigenvalue weighted by Gasteiger charge is -2.26. The van der Waals surface area contributed by atoms with E-state index in [-0.39, 0.29) is 25.0 Å². The van der Waals surface area contributed by atoms with E-state index < -0.39 is 0 Å². The molecular formula is C13H21NO4. The molecule has 0 spiro atoms. The highest BCUT2D eigenvalue weighted by Gasteiger charge is 2.37. The van der Waals surface area contributed by atoms with Crippen molar-refractivity contribution in [3.63, 3.8) is 0 Å². The lowest BCUT2D eigenvalue weighted by atomic mass is 10.1. The number of hydrogen-bond acceptors (Lipinski definition) is 4. The average Bonchev–Trinajstić information content (AvgIpc) is 2.73. The van der Waals surface area contributed by atoms with Gasteiger partial charge in [-0.2, -0.15) is 0 Å². The first-order valence-corrected chi connectivity index (χ1v) is 6.02. The predicted octanol–water partition coefficient (Wildman–Crippen LogP) is 1.95. The second kappa shape index (κ2) is 7.89. The van der Waals surface area contributed by atoms with Crippen molar-refractivity contribution in [3.8, 4) is 0 Å². The third kappa shape index (κ3) is 3.85. The molecule has 0 aliphatic carbocycles. The third-order valence-electron chi connectivity index (χ3n) is 2.81. The van der Waals surface area contributed by atoms with Crippen molar-refractivity contribution in [2.75, 3.05) is 27.1 Å². The molecule has 0 unspecified atom stereocenters. The van der Waals surface area contributed by atoms with Crippen LogP contribution in [0.5, 0.6) is 0 Å². The molecule has 0 aromatic rings. The van der Waals surface area contributed by atoms with Gasteiger partial charge in [0.15, 0.2) is 0 Å². The van der Waals surface area contributed by atoms with Crippen molar-refractivity contribution < 1.29 is 19.0 Å². The third-order valence-corrected chi connectivity index (χ3v) is 2.81. The largest absolute Gasteiger partial charge is 0.447 e. The molecule has 18 heavy (non-hydrogen) atoms. The van der Waals surface area contributed by atoms with E-state index in [0.717, 1.165) is 12.8 Å². The summed E-state index contributed by atoms with van der Waals surface area (Å²) in [6.07, 6.45) is 4.67. The first-order chi connectivity index (χ1) is 8.74. The normalized spacial score (nSPS) is 20.6. The Labute approximate surface area is 108 Å². The second-order valence-corrected chi connectivity index (χ2v) is 4.04. The van der Waals surface area contributed by atoms with Gasteiger partial charge < -0.3 is 14.2 Å². The van der Waals surface area contributed by atoms with Crippen LogP contribution in [0.4, 0.5) is 4.79 Å². The molecule has 1 rings (SSSR count). The van der Waals surface area contributed by atoms with E-state index in [0.29, 0.717) is 13.2 Å². The van der Waals surface area contributed by atoms with Crippen LogP contribution in [-0.4, -0.2) is 50.2 Å². The molecule has 5 heteroatoms. The minimum Gasteiger partial charge on any atom is -0.447 e. The number of amides is 1. The Balaban J connectivity index is 2.56. The van der Waals surface area contributed by atoms with Crippen molar-refractivity contribution in [2.24, 2.45) is 0 Å². The molecule has 1 saturated heterocycles. The number of methoxy groups -OCH3 is 1. The maximum atomic E-state index is 11.6. The lowest BCUT2D eigenvalue weighted by molar-refractivity contribution is -0.0735. The summed E-state index contributed by atoms with van der Waals surface area (Å²) < 4.78 is 15.4. The van der Waals surface area contributed by atoms with Crippen LogP contribution in [0.25, 0.3) is 0 Å². The van der Waals surface area contributed by atoms with Gasteiger partial charge in [0.1, 0.15) is 19.5 Å². The van der Waals surface area contributed by atoms with Crippen LogP contribution in [0.1, 0.15) is 12.8 Å². The van der Waals surface area contributed by atoms with Crippen LogP contribution in [0.3, 0.4) is 0 Å². The first kappa shape index (κ1) is 14.7. The number of ether oxygens (including phenoxy) is 3. The molecular weight excluding hydrogens is 234 g/mol. The van der Waals surface area contributed by atoms with Gasteiger partial charge in [-0.15, -0.1) is 13.2 Å². The predicted molar refractivity (Wildman–Crippen MR) is 68.2 cm³/mol. The van der Waals surface area contributed by atoms with E-state index in [9.17, 15) is 4.79 Å². The first-order valence-electron chi connectivity index (χ1n) is 6.02. The highest BCUT2D eigenvalue weighted by atomic mass is 16.7. The van der Waals surface area contributed by atoms with Crippen LogP contribution >= 0.6 is 0 Å². The molecule has 0 N–H and O–H groups in total. The Hall–Kier alpha value is -1.33. The molecule has 102 valence electrons. The zero-order valence-corrected chi connectivity index (χ0v) is 10.8. The zero-order valence-electron chi connectivity index (χ0n) is 10.8. The van der Waals surface area contributed by atoms with E-state index in [1.165, 1.54) is 0 Å². The van der Waals surface area contributed by atoms with Gasteiger partial charge in [-0.25, -0.2) is 4.79 Å². The molecule has 0 aromatic carbocycles. The number of hydrogen-bond donors (Lipinski definition) is 0. The molecule has 1 aliphatic rings. The quantitative estimate of drug-likeness (QED) is 0.359. The number of cyclic esters (lactones) is 1. The van der Waals surface area contributed by atoms with Crippen molar-refractivity contribution in [1.82, 2.24) is 4.90 Å². The number of rotatable bonds is 9. The Morgan fingerprint density at radius 1 is 1.61 bits per heavy atom. The van der Waals surface area contributed by atoms with Gasteiger partial charge in [0.2, 0.25) is 0 Å². The Bertz CT molecular complexity index is 293. The van der Waals surface area contributed by atoms with Gasteiger partial charge in [0.05, 0.1) is 6.04 Å². The maximum Gasteiger partial charge on any atom is 0.410 e. The van der Waals surface area contributed by atoms with Gasteiger partial charge in [0, 0.05) is 13.7 Å². The van der Waals surface area contributed by atoms with Crippen LogP contribution < -0.4 is 0 Å². The van der Waals surface area contributed by atoms with Crippen molar-refractivity contribution >= 4 is 6.09 Å². The van der Waals surface area contributed by atoms with E-state index in [1.807, 2.05) is 6.08 Å². The highest BCUT2D eigenvalue weighted by molar-refractivity contribution is 5.70. The molecule has 1 aliphatic heterocycles. The Kier molecular flexibility index (Phi) is 6.46. The SMILES string of the molecule is C=CCCCN1C(=O)OC[C@@H]1[C@H](C=C)OCOC. The molecule has 2 atom stereocenters. The summed E-state index contributed by atoms with van der Waals surface area (Å²) in [5.41, 5.74) is 0. The van der Waals surface area contributed by atoms with E-state index in [2.05, 4.69) is 13.2 Å². The van der Waals surface area contributed by atoms with Crippen LogP contribution in [0.2, 0.25) is 0 Å². The Morgan fingerprint density at radius 2 is 2.39 bits per heavy atom. The van der Waals surface area contributed by atoms with E-state index in [4.69, 9.17) is 14.2 Å². The topological polar surface area (TPSA) is 48.0 Å². The number of allylic oxidation sites excluding steroid dienone is 1. The summed E-state index contributed by atoms with van der Waals surface area (Å²) >= 11 is 0. The maximum absolute atomic E-state index is 11.6. The fourth-order valence-corrected chi connectivity index (χ4v) is 1.88. The molecule has 5 nitrogen and oxygen atoms in total. The lowest BCUT2D eigenvalue weighted by Crippen LogP contribution is -2.43. The monoisotopic (exact) mass is 255 g/mol. The zero-order chi connectivity index (χ0) is 13.4. The van der Waals surface area contributed by atoms with E-state index in [1.54, 1.807) is 18.1 Å². The summed E-state index contributed by atoms with van der Waals surface area (Å²) in [5.74, 6) is 0. The smallest absolute Gasteiger partial charge is 0.410 e. The summed E-state index contributed by atoms with van der Waals surface area (Å²) in [5, 5.41) is 0. The molecule has 1 heterocycles. The van der Waals surface area contributed by atoms with Gasteiger partial charge in [-0.3, -0.25) is 4.90 Å². The fraction of sp³-hybridized carbons (Fsp3) is 0.615. The molecule has 0 aromatic heterocycles. The standard InChI is InChI=1S/C13H21NO4/c1-4-6-7-8-14-11(9-17-13(14)15)12(5-2)18-10-16-3/h4-5,11-12H,1-2,6-10H2,3H3/t11-,12+/m1/s1. The number of unbranched alkanes of at least 4 members (excludes halogenated alkanes) is 1. The summed E-state index contributed by atoms with van der Waals surface area (Å²) in [6, 6.07) is -0.130. The van der Waals surface area contributed by atoms with Gasteiger partial charge in [0.25, 0.3) is 0 Å². The summed E-state index contributed by atoms with van der Waals surface area (Å²) in [7, 11) is 1.55. The van der Waals surface area contributed by atoms with Gasteiger partial charge >= 0.3 is 6.09 Å². The van der Waals surface area contributed by atoms with Gasteiger partial charge in [-0.1, -0.05) is 12.2 Å². The van der Waals surface area contributed by atoms with Crippen LogP contribution in [0, 0.1) is 0 Å². The van der Waals surface area contributed by atoms with Crippen molar-refractivity contribution in [3.05, 3.63) is 25.3 Å². The number of carbonyl (C=O) groups excluding carboxylic acids is 1. The fourth-order valence-electron chi connectivity index (χ4n) is 1.88. The average molecular weight is 255 g/mol. The van der Waals surface area contributed by atoms with Crippen molar-refractivity contribution in [2.45, 2.75) is 25.0 Å². The molecule has 0 bridgehead atoms. The van der Waals surface area contributed by atoms with Crippen LogP contribution in [0.15, 0.2) is 25.3 Å². The second-order valence-electron chi connectivity index (χ2n) is 4.04. The minimum absolute atomic E-state index is 0.130. The number of nitrogens with zero attached hydrogens (tertiary/aromatic N) is 1. The van der Waals surface area contributed by atoms with Crippen molar-refractivity contribution in [1.29, 1.82) is 0 Å². The minimum atomic E-state index is -0.295. The molecule has 0 radical (unpaired) electrons. The summed E-state index contributed by atoms with van der Waals surface area (Å²) in [4.78, 5) is 13.3. The molecule has 1 fully saturated rings. The summed E-state index contributed by atoms with van der Waals surface area (Å²) in [6.45, 7) is 8.52. The van der Waals surface area contributed by atoms with Crippen LogP contribution in [-0.2, 0) is 14.2 Å². The van der Waals surface area contributed by atoms with E-state index >= 15 is 0 Å². The Morgan fingerprint density at radius 3 is 3.00 bits per heavy atom. The van der Waals surface area contributed by atoms with Gasteiger partial charge in [-0.05, 0) is 12.8 Å². The molecule has 0 saturated carbocycles. The highest BCUT2D eigenvalue weighted by Crippen LogP contribution is 2.19.